The van der Waals surface area contributed by atoms with Crippen LogP contribution in [-0.4, -0.2) is 29.6 Å². The molecule has 0 saturated carbocycles. The van der Waals surface area contributed by atoms with Gasteiger partial charge >= 0.3 is 0 Å². The van der Waals surface area contributed by atoms with Crippen LogP contribution in [0, 0.1) is 12.8 Å². The van der Waals surface area contributed by atoms with Crippen molar-refractivity contribution in [2.75, 3.05) is 13.7 Å². The predicted molar refractivity (Wildman–Crippen MR) is 152 cm³/mol. The molecule has 0 bridgehead atoms. The van der Waals surface area contributed by atoms with Gasteiger partial charge in [0.05, 0.1) is 17.7 Å². The molecular formula is C29H29BrN2O3S. The van der Waals surface area contributed by atoms with Crippen LogP contribution in [0.4, 0.5) is 5.69 Å². The van der Waals surface area contributed by atoms with Crippen molar-refractivity contribution in [1.82, 2.24) is 4.90 Å². The highest BCUT2D eigenvalue weighted by Crippen LogP contribution is 2.36. The molecule has 3 aromatic rings. The number of aryl methyl sites for hydroxylation is 1. The van der Waals surface area contributed by atoms with Crippen LogP contribution in [0.1, 0.15) is 30.5 Å². The maximum absolute atomic E-state index is 13.3. The number of rotatable bonds is 8. The highest BCUT2D eigenvalue weighted by atomic mass is 79.9. The van der Waals surface area contributed by atoms with Gasteiger partial charge in [-0.3, -0.25) is 9.69 Å². The number of amides is 1. The maximum atomic E-state index is 13.3. The molecule has 36 heavy (non-hydrogen) atoms. The van der Waals surface area contributed by atoms with Gasteiger partial charge in [0, 0.05) is 11.0 Å². The summed E-state index contributed by atoms with van der Waals surface area (Å²) in [7, 11) is 1.62. The number of benzene rings is 3. The van der Waals surface area contributed by atoms with E-state index in [9.17, 15) is 4.79 Å². The largest absolute Gasteiger partial charge is 0.493 e. The molecule has 4 rings (SSSR count). The van der Waals surface area contributed by atoms with Gasteiger partial charge in [-0.05, 0) is 78.2 Å². The SMILES string of the molecule is COc1cc(/C=C2/SC(=Nc3ccc(C)cc3)N(CC(C)C)C2=O)ccc1OCc1ccc(Br)cc1. The quantitative estimate of drug-likeness (QED) is 0.264. The zero-order chi connectivity index (χ0) is 25.7. The number of aliphatic imine (C=N–C) groups is 1. The summed E-state index contributed by atoms with van der Waals surface area (Å²) in [4.78, 5) is 20.5. The number of thioether (sulfide) groups is 1. The molecule has 0 spiro atoms. The first-order valence-corrected chi connectivity index (χ1v) is 13.4. The van der Waals surface area contributed by atoms with Crippen molar-refractivity contribution in [3.05, 3.63) is 92.8 Å². The molecule has 5 nitrogen and oxygen atoms in total. The Morgan fingerprint density at radius 2 is 1.75 bits per heavy atom. The average molecular weight is 566 g/mol. The molecular weight excluding hydrogens is 536 g/mol. The predicted octanol–water partition coefficient (Wildman–Crippen LogP) is 7.61. The number of hydrogen-bond acceptors (Lipinski definition) is 5. The zero-order valence-electron chi connectivity index (χ0n) is 20.8. The van der Waals surface area contributed by atoms with Gasteiger partial charge in [0.2, 0.25) is 0 Å². The maximum Gasteiger partial charge on any atom is 0.266 e. The smallest absolute Gasteiger partial charge is 0.266 e. The summed E-state index contributed by atoms with van der Waals surface area (Å²) in [5.41, 5.74) is 3.93. The minimum absolute atomic E-state index is 0.0332. The second-order valence-corrected chi connectivity index (χ2v) is 10.9. The van der Waals surface area contributed by atoms with E-state index in [0.29, 0.717) is 40.6 Å². The molecule has 0 unspecified atom stereocenters. The highest BCUT2D eigenvalue weighted by Gasteiger charge is 2.33. The first-order chi connectivity index (χ1) is 17.3. The molecule has 186 valence electrons. The Kier molecular flexibility index (Phi) is 8.54. The summed E-state index contributed by atoms with van der Waals surface area (Å²) < 4.78 is 12.6. The fraction of sp³-hybridized carbons (Fsp3) is 0.241. The Hall–Kier alpha value is -3.03. The molecule has 0 atom stereocenters. The molecule has 7 heteroatoms. The van der Waals surface area contributed by atoms with Crippen LogP contribution in [0.2, 0.25) is 0 Å². The lowest BCUT2D eigenvalue weighted by atomic mass is 10.1. The number of nitrogens with zero attached hydrogens (tertiary/aromatic N) is 2. The first kappa shape index (κ1) is 26.0. The summed E-state index contributed by atoms with van der Waals surface area (Å²) in [6, 6.07) is 21.7. The van der Waals surface area contributed by atoms with Crippen LogP contribution in [0.5, 0.6) is 11.5 Å². The molecule has 0 radical (unpaired) electrons. The van der Waals surface area contributed by atoms with Crippen molar-refractivity contribution in [2.24, 2.45) is 10.9 Å². The Morgan fingerprint density at radius 3 is 2.42 bits per heavy atom. The lowest BCUT2D eigenvalue weighted by molar-refractivity contribution is -0.122. The van der Waals surface area contributed by atoms with E-state index < -0.39 is 0 Å². The topological polar surface area (TPSA) is 51.1 Å². The van der Waals surface area contributed by atoms with E-state index in [2.05, 4.69) is 29.8 Å². The fourth-order valence-corrected chi connectivity index (χ4v) is 4.91. The number of carbonyl (C=O) groups excluding carboxylic acids is 1. The van der Waals surface area contributed by atoms with Crippen molar-refractivity contribution in [3.63, 3.8) is 0 Å². The van der Waals surface area contributed by atoms with E-state index in [1.165, 1.54) is 17.3 Å². The van der Waals surface area contributed by atoms with Gasteiger partial charge in [-0.2, -0.15) is 0 Å². The minimum Gasteiger partial charge on any atom is -0.493 e. The van der Waals surface area contributed by atoms with Crippen molar-refractivity contribution < 1.29 is 14.3 Å². The van der Waals surface area contributed by atoms with Crippen LogP contribution in [0.15, 0.2) is 81.1 Å². The number of methoxy groups -OCH3 is 1. The van der Waals surface area contributed by atoms with Gasteiger partial charge < -0.3 is 9.47 Å². The van der Waals surface area contributed by atoms with Crippen LogP contribution in [0.3, 0.4) is 0 Å². The van der Waals surface area contributed by atoms with E-state index in [1.54, 1.807) is 12.0 Å². The molecule has 1 saturated heterocycles. The Labute approximate surface area is 225 Å². The lowest BCUT2D eigenvalue weighted by Crippen LogP contribution is -2.32. The van der Waals surface area contributed by atoms with Crippen molar-refractivity contribution in [2.45, 2.75) is 27.4 Å². The summed E-state index contributed by atoms with van der Waals surface area (Å²) >= 11 is 4.85. The minimum atomic E-state index is -0.0332. The third kappa shape index (κ3) is 6.59. The van der Waals surface area contributed by atoms with Gasteiger partial charge in [-0.25, -0.2) is 4.99 Å². The molecule has 0 N–H and O–H groups in total. The second-order valence-electron chi connectivity index (χ2n) is 8.98. The monoisotopic (exact) mass is 564 g/mol. The van der Waals surface area contributed by atoms with Crippen LogP contribution < -0.4 is 9.47 Å². The molecule has 3 aromatic carbocycles. The molecule has 0 aromatic heterocycles. The van der Waals surface area contributed by atoms with E-state index >= 15 is 0 Å². The molecule has 0 aliphatic carbocycles. The van der Waals surface area contributed by atoms with Gasteiger partial charge in [-0.15, -0.1) is 0 Å². The van der Waals surface area contributed by atoms with E-state index in [0.717, 1.165) is 21.3 Å². The molecule has 1 heterocycles. The lowest BCUT2D eigenvalue weighted by Gasteiger charge is -2.17. The highest BCUT2D eigenvalue weighted by molar-refractivity contribution is 9.10. The number of ether oxygens (including phenoxy) is 2. The number of carbonyl (C=O) groups is 1. The van der Waals surface area contributed by atoms with Gasteiger partial charge in [0.15, 0.2) is 16.7 Å². The molecule has 1 aliphatic heterocycles. The van der Waals surface area contributed by atoms with Crippen LogP contribution in [0.25, 0.3) is 6.08 Å². The van der Waals surface area contributed by atoms with Crippen molar-refractivity contribution in [1.29, 1.82) is 0 Å². The average Bonchev–Trinajstić information content (AvgIpc) is 3.13. The molecule has 1 fully saturated rings. The standard InChI is InChI=1S/C29H29BrN2O3S/c1-19(2)17-32-28(33)27(36-29(32)31-24-12-5-20(3)6-13-24)16-22-9-14-25(26(15-22)34-4)35-18-21-7-10-23(30)11-8-21/h5-16,19H,17-18H2,1-4H3/b27-16+,31-29?. The Morgan fingerprint density at radius 1 is 1.03 bits per heavy atom. The van der Waals surface area contributed by atoms with Crippen LogP contribution >= 0.6 is 27.7 Å². The number of halogens is 1. The summed E-state index contributed by atoms with van der Waals surface area (Å²) in [5, 5.41) is 0.699. The number of amidine groups is 1. The third-order valence-electron chi connectivity index (χ3n) is 5.49. The van der Waals surface area contributed by atoms with Crippen LogP contribution in [-0.2, 0) is 11.4 Å². The zero-order valence-corrected chi connectivity index (χ0v) is 23.2. The third-order valence-corrected chi connectivity index (χ3v) is 7.02. The Balaban J connectivity index is 1.56. The Bertz CT molecular complexity index is 1280. The van der Waals surface area contributed by atoms with Gasteiger partial charge in [-0.1, -0.05) is 65.7 Å². The van der Waals surface area contributed by atoms with Gasteiger partial charge in [0.25, 0.3) is 5.91 Å². The van der Waals surface area contributed by atoms with E-state index in [4.69, 9.17) is 14.5 Å². The summed E-state index contributed by atoms with van der Waals surface area (Å²) in [6.45, 7) is 7.28. The summed E-state index contributed by atoms with van der Waals surface area (Å²) in [5.74, 6) is 1.55. The van der Waals surface area contributed by atoms with E-state index in [-0.39, 0.29) is 5.91 Å². The number of hydrogen-bond donors (Lipinski definition) is 0. The second kappa shape index (κ2) is 11.8. The van der Waals surface area contributed by atoms with Crippen molar-refractivity contribution >= 4 is 50.5 Å². The van der Waals surface area contributed by atoms with Gasteiger partial charge in [0.1, 0.15) is 6.61 Å². The van der Waals surface area contributed by atoms with Crippen molar-refractivity contribution in [3.8, 4) is 11.5 Å². The normalized spacial score (nSPS) is 15.8. The molecule has 1 aliphatic rings. The summed E-state index contributed by atoms with van der Waals surface area (Å²) in [6.07, 6.45) is 1.89. The fourth-order valence-electron chi connectivity index (χ4n) is 3.63. The van der Waals surface area contributed by atoms with E-state index in [1.807, 2.05) is 79.7 Å². The molecule has 1 amide bonds. The first-order valence-electron chi connectivity index (χ1n) is 11.7.